The van der Waals surface area contributed by atoms with E-state index in [4.69, 9.17) is 6.42 Å². The number of rotatable bonds is 4. The number of terminal acetylenes is 1. The molecular formula is C9H16OSi. The van der Waals surface area contributed by atoms with Crippen molar-refractivity contribution in [2.24, 2.45) is 0 Å². The Morgan fingerprint density at radius 3 is 2.36 bits per heavy atom. The van der Waals surface area contributed by atoms with Crippen LogP contribution < -0.4 is 0 Å². The summed E-state index contributed by atoms with van der Waals surface area (Å²) in [6.07, 6.45) is 7.80. The maximum atomic E-state index is 10.6. The Labute approximate surface area is 70.2 Å². The molecule has 0 aromatic rings. The van der Waals surface area contributed by atoms with Gasteiger partial charge in [-0.3, -0.25) is 0 Å². The highest BCUT2D eigenvalue weighted by Gasteiger charge is 2.25. The van der Waals surface area contributed by atoms with Gasteiger partial charge >= 0.3 is 0 Å². The summed E-state index contributed by atoms with van der Waals surface area (Å²) in [5.74, 6) is 2.57. The summed E-state index contributed by atoms with van der Waals surface area (Å²) in [6.45, 7) is 6.59. The molecule has 0 saturated carbocycles. The van der Waals surface area contributed by atoms with Gasteiger partial charge in [-0.2, -0.15) is 0 Å². The fourth-order valence-corrected chi connectivity index (χ4v) is 2.36. The van der Waals surface area contributed by atoms with Gasteiger partial charge in [0, 0.05) is 12.0 Å². The average molecular weight is 168 g/mol. The third-order valence-corrected chi connectivity index (χ3v) is 4.53. The molecule has 0 heterocycles. The lowest BCUT2D eigenvalue weighted by molar-refractivity contribution is -0.108. The normalized spacial score (nSPS) is 13.6. The molecule has 1 atom stereocenters. The van der Waals surface area contributed by atoms with Crippen molar-refractivity contribution in [2.45, 2.75) is 38.0 Å². The molecule has 0 spiro atoms. The molecule has 0 aliphatic carbocycles. The highest BCUT2D eigenvalue weighted by molar-refractivity contribution is 6.79. The quantitative estimate of drug-likeness (QED) is 0.358. The first-order valence-corrected chi connectivity index (χ1v) is 7.49. The minimum atomic E-state index is -1.29. The van der Waals surface area contributed by atoms with Gasteiger partial charge < -0.3 is 4.79 Å². The molecule has 0 aromatic heterocycles. The minimum absolute atomic E-state index is 0.235. The van der Waals surface area contributed by atoms with Crippen molar-refractivity contribution in [2.75, 3.05) is 0 Å². The minimum Gasteiger partial charge on any atom is -0.303 e. The van der Waals surface area contributed by atoms with Crippen LogP contribution in [0.25, 0.3) is 0 Å². The van der Waals surface area contributed by atoms with Crippen LogP contribution in [0.1, 0.15) is 12.8 Å². The van der Waals surface area contributed by atoms with E-state index in [0.717, 1.165) is 19.1 Å². The first-order valence-electron chi connectivity index (χ1n) is 3.91. The lowest BCUT2D eigenvalue weighted by Gasteiger charge is -2.22. The predicted octanol–water partition coefficient (Wildman–Crippen LogP) is 2.31. The molecule has 0 saturated heterocycles. The first-order chi connectivity index (χ1) is 5.02. The number of aldehydes is 1. The molecule has 0 fully saturated rings. The summed E-state index contributed by atoms with van der Waals surface area (Å²) >= 11 is 0. The highest BCUT2D eigenvalue weighted by atomic mass is 28.3. The molecule has 0 aliphatic heterocycles. The summed E-state index contributed by atoms with van der Waals surface area (Å²) < 4.78 is 0. The Morgan fingerprint density at radius 1 is 1.55 bits per heavy atom. The molecule has 0 aromatic carbocycles. The van der Waals surface area contributed by atoms with E-state index < -0.39 is 8.07 Å². The lowest BCUT2D eigenvalue weighted by atomic mass is 10.2. The molecule has 1 nitrogen and oxygen atoms in total. The van der Waals surface area contributed by atoms with E-state index in [1.54, 1.807) is 0 Å². The first kappa shape index (κ1) is 10.4. The lowest BCUT2D eigenvalue weighted by Crippen LogP contribution is -2.28. The van der Waals surface area contributed by atoms with Crippen LogP contribution in [0.4, 0.5) is 0 Å². The van der Waals surface area contributed by atoms with Gasteiger partial charge in [0.2, 0.25) is 0 Å². The van der Waals surface area contributed by atoms with E-state index in [0.29, 0.717) is 0 Å². The third-order valence-electron chi connectivity index (χ3n) is 1.88. The van der Waals surface area contributed by atoms with Crippen molar-refractivity contribution in [3.63, 3.8) is 0 Å². The number of carbonyl (C=O) groups is 1. The topological polar surface area (TPSA) is 17.1 Å². The van der Waals surface area contributed by atoms with Crippen molar-refractivity contribution in [1.29, 1.82) is 0 Å². The number of hydrogen-bond donors (Lipinski definition) is 0. The van der Waals surface area contributed by atoms with Gasteiger partial charge in [0.1, 0.15) is 6.29 Å². The molecule has 0 rings (SSSR count). The van der Waals surface area contributed by atoms with Crippen LogP contribution in [0.15, 0.2) is 0 Å². The SMILES string of the molecule is C#CCCC(C=O)[Si](C)(C)C. The van der Waals surface area contributed by atoms with Crippen molar-refractivity contribution in [3.8, 4) is 12.3 Å². The predicted molar refractivity (Wildman–Crippen MR) is 51.2 cm³/mol. The summed E-state index contributed by atoms with van der Waals surface area (Å²) in [7, 11) is -1.29. The Bertz CT molecular complexity index is 161. The Hall–Kier alpha value is -0.553. The van der Waals surface area contributed by atoms with E-state index >= 15 is 0 Å². The van der Waals surface area contributed by atoms with Crippen LogP contribution in [0.5, 0.6) is 0 Å². The van der Waals surface area contributed by atoms with E-state index in [-0.39, 0.29) is 5.54 Å². The second-order valence-electron chi connectivity index (χ2n) is 3.85. The molecule has 62 valence electrons. The van der Waals surface area contributed by atoms with Crippen LogP contribution in [0.2, 0.25) is 25.2 Å². The molecule has 1 unspecified atom stereocenters. The van der Waals surface area contributed by atoms with Crippen LogP contribution in [-0.4, -0.2) is 14.4 Å². The second kappa shape index (κ2) is 4.35. The van der Waals surface area contributed by atoms with Gasteiger partial charge in [0.05, 0.1) is 8.07 Å². The van der Waals surface area contributed by atoms with Gasteiger partial charge in [-0.1, -0.05) is 19.6 Å². The zero-order valence-corrected chi connectivity index (χ0v) is 8.55. The maximum Gasteiger partial charge on any atom is 0.120 e. The highest BCUT2D eigenvalue weighted by Crippen LogP contribution is 2.23. The van der Waals surface area contributed by atoms with Crippen molar-refractivity contribution in [3.05, 3.63) is 0 Å². The summed E-state index contributed by atoms with van der Waals surface area (Å²) in [5.41, 5.74) is 0.235. The second-order valence-corrected chi connectivity index (χ2v) is 9.33. The average Bonchev–Trinajstić information content (AvgIpc) is 1.87. The Morgan fingerprint density at radius 2 is 2.09 bits per heavy atom. The Kier molecular flexibility index (Phi) is 4.13. The third kappa shape index (κ3) is 4.00. The molecule has 0 bridgehead atoms. The van der Waals surface area contributed by atoms with Crippen molar-refractivity contribution < 1.29 is 4.79 Å². The van der Waals surface area contributed by atoms with E-state index in [1.807, 2.05) is 0 Å². The monoisotopic (exact) mass is 168 g/mol. The largest absolute Gasteiger partial charge is 0.303 e. The zero-order chi connectivity index (χ0) is 8.91. The molecule has 0 aliphatic rings. The number of hydrogen-bond acceptors (Lipinski definition) is 1. The van der Waals surface area contributed by atoms with Crippen molar-refractivity contribution in [1.82, 2.24) is 0 Å². The summed E-state index contributed by atoms with van der Waals surface area (Å²) in [4.78, 5) is 10.6. The smallest absolute Gasteiger partial charge is 0.120 e. The molecule has 11 heavy (non-hydrogen) atoms. The summed E-state index contributed by atoms with van der Waals surface area (Å²) in [6, 6.07) is 0. The molecular weight excluding hydrogens is 152 g/mol. The Balaban J connectivity index is 3.98. The van der Waals surface area contributed by atoms with E-state index in [9.17, 15) is 4.79 Å². The summed E-state index contributed by atoms with van der Waals surface area (Å²) in [5, 5.41) is 0. The van der Waals surface area contributed by atoms with E-state index in [2.05, 4.69) is 25.6 Å². The van der Waals surface area contributed by atoms with Crippen LogP contribution >= 0.6 is 0 Å². The molecule has 2 heteroatoms. The van der Waals surface area contributed by atoms with Crippen LogP contribution in [0, 0.1) is 12.3 Å². The maximum absolute atomic E-state index is 10.6. The zero-order valence-electron chi connectivity index (χ0n) is 7.55. The fourth-order valence-electron chi connectivity index (χ4n) is 0.944. The van der Waals surface area contributed by atoms with Gasteiger partial charge in [-0.05, 0) is 6.42 Å². The number of carbonyl (C=O) groups excluding carboxylic acids is 1. The van der Waals surface area contributed by atoms with Gasteiger partial charge in [-0.25, -0.2) is 0 Å². The molecule has 0 radical (unpaired) electrons. The molecule has 0 amide bonds. The fraction of sp³-hybridized carbons (Fsp3) is 0.667. The van der Waals surface area contributed by atoms with E-state index in [1.165, 1.54) is 0 Å². The molecule has 0 N–H and O–H groups in total. The van der Waals surface area contributed by atoms with Gasteiger partial charge in [0.25, 0.3) is 0 Å². The van der Waals surface area contributed by atoms with Crippen LogP contribution in [-0.2, 0) is 4.79 Å². The standard InChI is InChI=1S/C9H16OSi/c1-5-6-7-9(8-10)11(2,3)4/h1,8-9H,6-7H2,2-4H3. The van der Waals surface area contributed by atoms with Gasteiger partial charge in [0.15, 0.2) is 0 Å². The van der Waals surface area contributed by atoms with Crippen molar-refractivity contribution >= 4 is 14.4 Å². The van der Waals surface area contributed by atoms with Gasteiger partial charge in [-0.15, -0.1) is 12.3 Å². The van der Waals surface area contributed by atoms with Crippen LogP contribution in [0.3, 0.4) is 0 Å².